The smallest absolute Gasteiger partial charge is 0.233 e. The van der Waals surface area contributed by atoms with Gasteiger partial charge in [-0.25, -0.2) is 14.4 Å². The number of nitrogens with zero attached hydrogens (tertiary/aromatic N) is 5. The molecule has 2 aromatic heterocycles. The Morgan fingerprint density at radius 1 is 1.05 bits per heavy atom. The van der Waals surface area contributed by atoms with Gasteiger partial charge in [0.1, 0.15) is 5.67 Å². The summed E-state index contributed by atoms with van der Waals surface area (Å²) in [5.74, 6) is 2.80. The van der Waals surface area contributed by atoms with E-state index >= 15 is 0 Å². The summed E-state index contributed by atoms with van der Waals surface area (Å²) in [6.07, 6.45) is 10.3. The lowest BCUT2D eigenvalue weighted by Crippen LogP contribution is -2.71. The number of amides is 1. The Bertz CT molecular complexity index is 1470. The van der Waals surface area contributed by atoms with Crippen LogP contribution in [0.2, 0.25) is 0 Å². The molecule has 9 heteroatoms. The van der Waals surface area contributed by atoms with Crippen molar-refractivity contribution in [2.75, 3.05) is 18.1 Å². The molecule has 2 heterocycles. The Morgan fingerprint density at radius 3 is 2.29 bits per heavy atom. The number of carbonyl (C=O) groups excluding carboxylic acids is 1. The summed E-state index contributed by atoms with van der Waals surface area (Å²) < 4.78 is 25.9. The van der Waals surface area contributed by atoms with Crippen LogP contribution in [0, 0.1) is 10.8 Å². The molecule has 0 unspecified atom stereocenters. The molecule has 1 amide bonds. The minimum atomic E-state index is -1.14. The van der Waals surface area contributed by atoms with Crippen LogP contribution in [0.3, 0.4) is 0 Å². The summed E-state index contributed by atoms with van der Waals surface area (Å²) in [6, 6.07) is 7.91. The van der Waals surface area contributed by atoms with E-state index in [1.165, 1.54) is 0 Å². The highest BCUT2D eigenvalue weighted by Crippen LogP contribution is 2.70. The Hall–Kier alpha value is -3.36. The molecule has 1 aromatic carbocycles. The second-order valence-electron chi connectivity index (χ2n) is 14.5. The highest BCUT2D eigenvalue weighted by atomic mass is 19.1. The van der Waals surface area contributed by atoms with Crippen molar-refractivity contribution in [2.45, 2.75) is 102 Å². The zero-order chi connectivity index (χ0) is 29.4. The van der Waals surface area contributed by atoms with Gasteiger partial charge in [-0.3, -0.25) is 4.79 Å². The summed E-state index contributed by atoms with van der Waals surface area (Å²) in [4.78, 5) is 30.0. The third-order valence-corrected chi connectivity index (χ3v) is 10.5. The van der Waals surface area contributed by atoms with E-state index in [4.69, 9.17) is 14.2 Å². The molecule has 3 aromatic rings. The van der Waals surface area contributed by atoms with Gasteiger partial charge in [0, 0.05) is 28.6 Å². The third kappa shape index (κ3) is 4.42. The molecule has 0 aliphatic heterocycles. The van der Waals surface area contributed by atoms with Crippen molar-refractivity contribution in [3.05, 3.63) is 48.4 Å². The third-order valence-electron chi connectivity index (χ3n) is 10.5. The van der Waals surface area contributed by atoms with Crippen molar-refractivity contribution in [1.29, 1.82) is 0 Å². The van der Waals surface area contributed by atoms with Gasteiger partial charge in [0.15, 0.2) is 17.4 Å². The number of rotatable bonds is 8. The van der Waals surface area contributed by atoms with E-state index in [0.29, 0.717) is 44.0 Å². The molecule has 6 fully saturated rings. The second-order valence-corrected chi connectivity index (χ2v) is 14.5. The van der Waals surface area contributed by atoms with Gasteiger partial charge in [0.25, 0.3) is 0 Å². The first-order valence-electron chi connectivity index (χ1n) is 15.4. The predicted octanol–water partition coefficient (Wildman–Crippen LogP) is 6.74. The van der Waals surface area contributed by atoms with Crippen molar-refractivity contribution < 1.29 is 18.4 Å². The normalized spacial score (nSPS) is 31.3. The fourth-order valence-corrected chi connectivity index (χ4v) is 7.88. The van der Waals surface area contributed by atoms with Crippen LogP contribution in [0.5, 0.6) is 5.75 Å². The summed E-state index contributed by atoms with van der Waals surface area (Å²) in [6.45, 7) is 9.41. The van der Waals surface area contributed by atoms with Gasteiger partial charge < -0.3 is 14.2 Å². The standard InChI is InChI=1S/C33H40FN5O3/c1-5-41-24-16-35-25(36-17-24)22-7-6-8-23(15-22)39(28(40)32-18-33(34,19-32)20-32)21-30-9-12-31(13-10-30,14-11-30)27-37-26(38-42-27)29(2,3)4/h6-8,15-17H,5,9-14,18-21H2,1-4H3. The van der Waals surface area contributed by atoms with Crippen LogP contribution in [0.25, 0.3) is 11.4 Å². The Kier molecular flexibility index (Phi) is 6.09. The number of benzene rings is 1. The number of aromatic nitrogens is 4. The van der Waals surface area contributed by atoms with E-state index in [0.717, 1.165) is 61.5 Å². The maximum absolute atomic E-state index is 14.6. The minimum absolute atomic E-state index is 0.00682. The average Bonchev–Trinajstić information content (AvgIpc) is 3.48. The van der Waals surface area contributed by atoms with Gasteiger partial charge >= 0.3 is 0 Å². The number of hydrogen-bond donors (Lipinski definition) is 0. The Morgan fingerprint density at radius 2 is 1.71 bits per heavy atom. The fourth-order valence-electron chi connectivity index (χ4n) is 7.88. The summed E-state index contributed by atoms with van der Waals surface area (Å²) in [5.41, 5.74) is -0.255. The summed E-state index contributed by atoms with van der Waals surface area (Å²) >= 11 is 0. The lowest BCUT2D eigenvalue weighted by atomic mass is 9.41. The molecule has 6 saturated carbocycles. The molecule has 4 bridgehead atoms. The molecule has 6 aliphatic rings. The largest absolute Gasteiger partial charge is 0.491 e. The molecule has 0 N–H and O–H groups in total. The predicted molar refractivity (Wildman–Crippen MR) is 156 cm³/mol. The molecular formula is C33H40FN5O3. The number of alkyl halides is 1. The molecule has 222 valence electrons. The summed E-state index contributed by atoms with van der Waals surface area (Å²) in [7, 11) is 0. The van der Waals surface area contributed by atoms with Gasteiger partial charge in [-0.05, 0) is 82.3 Å². The molecule has 0 spiro atoms. The van der Waals surface area contributed by atoms with Crippen molar-refractivity contribution in [3.8, 4) is 17.1 Å². The van der Waals surface area contributed by atoms with E-state index in [1.54, 1.807) is 12.4 Å². The van der Waals surface area contributed by atoms with Gasteiger partial charge in [-0.2, -0.15) is 4.98 Å². The molecule has 0 atom stereocenters. The number of halogens is 1. The van der Waals surface area contributed by atoms with Crippen molar-refractivity contribution in [2.24, 2.45) is 10.8 Å². The van der Waals surface area contributed by atoms with Crippen LogP contribution in [0.1, 0.15) is 97.2 Å². The molecule has 6 aliphatic carbocycles. The lowest BCUT2D eigenvalue weighted by molar-refractivity contribution is -0.211. The number of carbonyl (C=O) groups is 1. The van der Waals surface area contributed by atoms with Crippen molar-refractivity contribution in [3.63, 3.8) is 0 Å². The number of ether oxygens (including phenoxy) is 1. The number of hydrogen-bond acceptors (Lipinski definition) is 7. The van der Waals surface area contributed by atoms with Crippen LogP contribution < -0.4 is 9.64 Å². The van der Waals surface area contributed by atoms with Gasteiger partial charge in [0.05, 0.1) is 24.4 Å². The molecular weight excluding hydrogens is 533 g/mol. The second kappa shape index (κ2) is 9.32. The van der Waals surface area contributed by atoms with Crippen LogP contribution in [-0.2, 0) is 15.6 Å². The topological polar surface area (TPSA) is 94.2 Å². The Balaban J connectivity index is 1.15. The fraction of sp³-hybridized carbons (Fsp3) is 0.606. The van der Waals surface area contributed by atoms with Crippen LogP contribution in [-0.4, -0.2) is 44.8 Å². The molecule has 8 nitrogen and oxygen atoms in total. The number of fused-ring (bicyclic) bond motifs is 3. The first-order valence-corrected chi connectivity index (χ1v) is 15.4. The minimum Gasteiger partial charge on any atom is -0.491 e. The molecule has 0 saturated heterocycles. The maximum atomic E-state index is 14.6. The molecule has 9 rings (SSSR count). The maximum Gasteiger partial charge on any atom is 0.233 e. The van der Waals surface area contributed by atoms with Crippen LogP contribution >= 0.6 is 0 Å². The van der Waals surface area contributed by atoms with Gasteiger partial charge in [-0.1, -0.05) is 38.1 Å². The average molecular weight is 574 g/mol. The van der Waals surface area contributed by atoms with Gasteiger partial charge in [-0.15, -0.1) is 0 Å². The van der Waals surface area contributed by atoms with Crippen molar-refractivity contribution >= 4 is 11.6 Å². The summed E-state index contributed by atoms with van der Waals surface area (Å²) in [5, 5.41) is 4.31. The molecule has 0 radical (unpaired) electrons. The van der Waals surface area contributed by atoms with E-state index < -0.39 is 11.1 Å². The van der Waals surface area contributed by atoms with Gasteiger partial charge in [0.2, 0.25) is 11.8 Å². The zero-order valence-electron chi connectivity index (χ0n) is 25.1. The van der Waals surface area contributed by atoms with Crippen LogP contribution in [0.4, 0.5) is 10.1 Å². The SMILES string of the molecule is CCOc1cnc(-c2cccc(N(CC34CCC(c5nc(C(C)(C)C)no5)(CC3)CC4)C(=O)C34CC(F)(C3)C4)c2)nc1. The monoisotopic (exact) mass is 573 g/mol. The highest BCUT2D eigenvalue weighted by molar-refractivity contribution is 6.00. The Labute approximate surface area is 246 Å². The van der Waals surface area contributed by atoms with Crippen LogP contribution in [0.15, 0.2) is 41.2 Å². The first-order chi connectivity index (χ1) is 20.0. The highest BCUT2D eigenvalue weighted by Gasteiger charge is 2.73. The van der Waals surface area contributed by atoms with E-state index in [2.05, 4.69) is 35.9 Å². The lowest BCUT2D eigenvalue weighted by Gasteiger charge is -2.65. The zero-order valence-corrected chi connectivity index (χ0v) is 25.1. The van der Waals surface area contributed by atoms with E-state index in [-0.39, 0.29) is 22.2 Å². The van der Waals surface area contributed by atoms with E-state index in [1.807, 2.05) is 36.1 Å². The van der Waals surface area contributed by atoms with Crippen molar-refractivity contribution in [1.82, 2.24) is 20.1 Å². The molecule has 42 heavy (non-hydrogen) atoms. The quantitative estimate of drug-likeness (QED) is 0.295. The first kappa shape index (κ1) is 27.5. The van der Waals surface area contributed by atoms with E-state index in [9.17, 15) is 9.18 Å². The number of anilines is 1.